The molecule has 0 aliphatic carbocycles. The normalized spacial score (nSPS) is 43.5. The van der Waals surface area contributed by atoms with E-state index < -0.39 is 25.7 Å². The molecule has 2 heterocycles. The van der Waals surface area contributed by atoms with Crippen molar-refractivity contribution in [3.63, 3.8) is 0 Å². The van der Waals surface area contributed by atoms with Crippen molar-refractivity contribution in [3.8, 4) is 0 Å². The van der Waals surface area contributed by atoms with E-state index in [0.717, 1.165) is 0 Å². The van der Waals surface area contributed by atoms with Crippen LogP contribution in [-0.4, -0.2) is 18.0 Å². The Hall–Kier alpha value is -1.25. The summed E-state index contributed by atoms with van der Waals surface area (Å²) in [5.74, 6) is 0.00197. The second-order valence-corrected chi connectivity index (χ2v) is 2.25. The lowest BCUT2D eigenvalue weighted by Crippen LogP contribution is -2.17. The lowest BCUT2D eigenvalue weighted by atomic mass is 10.3. The number of hydrogen-bond acceptors (Lipinski definition) is 3. The Morgan fingerprint density at radius 1 is 1.50 bits per heavy atom. The fourth-order valence-electron chi connectivity index (χ4n) is 0.900. The highest BCUT2D eigenvalue weighted by Gasteiger charge is 2.11. The molecule has 0 bridgehead atoms. The zero-order valence-electron chi connectivity index (χ0n) is 14.2. The quantitative estimate of drug-likeness (QED) is 0.691. The van der Waals surface area contributed by atoms with Crippen LogP contribution in [0.4, 0.5) is 11.5 Å². The van der Waals surface area contributed by atoms with Gasteiger partial charge >= 0.3 is 0 Å². The third-order valence-electron chi connectivity index (χ3n) is 1.42. The topological polar surface area (TPSA) is 42.2 Å². The van der Waals surface area contributed by atoms with E-state index in [2.05, 4.69) is 4.98 Å². The minimum Gasteiger partial charge on any atom is -0.384 e. The van der Waals surface area contributed by atoms with E-state index in [1.54, 1.807) is 0 Å². The van der Waals surface area contributed by atoms with E-state index in [9.17, 15) is 0 Å². The smallest absolute Gasteiger partial charge is 0.125 e. The fourth-order valence-corrected chi connectivity index (χ4v) is 0.900. The van der Waals surface area contributed by atoms with Crippen molar-refractivity contribution in [2.45, 2.75) is 12.7 Å². The molecule has 3 nitrogen and oxygen atoms in total. The van der Waals surface area contributed by atoms with Crippen LogP contribution in [-0.2, 0) is 0 Å². The minimum atomic E-state index is -3.05. The van der Waals surface area contributed by atoms with Gasteiger partial charge in [-0.3, -0.25) is 0 Å². The van der Waals surface area contributed by atoms with E-state index in [4.69, 9.17) is 16.7 Å². The van der Waals surface area contributed by atoms with E-state index in [0.29, 0.717) is 4.90 Å². The molecule has 0 spiro atoms. The second kappa shape index (κ2) is 3.01. The molecule has 2 N–H and O–H groups in total. The number of nitrogens with two attached hydrogens (primary N) is 1. The van der Waals surface area contributed by atoms with E-state index in [1.807, 2.05) is 0 Å². The number of nitrogen functional groups attached to an aromatic ring is 1. The van der Waals surface area contributed by atoms with Gasteiger partial charge in [-0.25, -0.2) is 4.98 Å². The first-order valence-corrected chi connectivity index (χ1v) is 3.39. The first-order valence-electron chi connectivity index (χ1n) is 7.39. The molecule has 1 fully saturated rings. The Morgan fingerprint density at radius 2 is 2.25 bits per heavy atom. The lowest BCUT2D eigenvalue weighted by molar-refractivity contribution is 0.949. The van der Waals surface area contributed by atoms with Crippen LogP contribution < -0.4 is 10.6 Å². The molecule has 0 unspecified atom stereocenters. The van der Waals surface area contributed by atoms with Crippen LogP contribution in [0.5, 0.6) is 0 Å². The fraction of sp³-hybridized carbons (Fsp3) is 0.444. The van der Waals surface area contributed by atoms with Crippen molar-refractivity contribution < 1.29 is 11.0 Å². The molecule has 1 aliphatic rings. The first kappa shape index (κ1) is 2.62. The van der Waals surface area contributed by atoms with Crippen LogP contribution in [0.3, 0.4) is 0 Å². The van der Waals surface area contributed by atoms with Gasteiger partial charge in [0.15, 0.2) is 0 Å². The molecule has 1 aromatic rings. The Labute approximate surface area is 83.4 Å². The molecule has 0 amide bonds. The standard InChI is InChI=1S/C9H13N3/c10-9-7-8(3-4-11-9)12-5-1-2-6-12/h3-4,7H,1-2,5-6H2,(H2,10,11)/i1D2,2D2,5D2,6D2. The monoisotopic (exact) mass is 171 g/mol. The highest BCUT2D eigenvalue weighted by Crippen LogP contribution is 2.20. The highest BCUT2D eigenvalue weighted by molar-refractivity contribution is 5.52. The molecule has 0 saturated carbocycles. The summed E-state index contributed by atoms with van der Waals surface area (Å²) in [6.07, 6.45) is -4.89. The largest absolute Gasteiger partial charge is 0.384 e. The molecule has 0 aromatic carbocycles. The zero-order valence-corrected chi connectivity index (χ0v) is 6.20. The third-order valence-corrected chi connectivity index (χ3v) is 1.42. The van der Waals surface area contributed by atoms with Gasteiger partial charge in [0.2, 0.25) is 0 Å². The zero-order chi connectivity index (χ0) is 15.6. The maximum absolute atomic E-state index is 7.84. The number of anilines is 2. The molecule has 1 saturated heterocycles. The van der Waals surface area contributed by atoms with Crippen molar-refractivity contribution in [1.29, 1.82) is 0 Å². The Kier molecular flexibility index (Phi) is 0.657. The van der Waals surface area contributed by atoms with Gasteiger partial charge in [-0.05, 0) is 18.8 Å². The number of pyridine rings is 1. The van der Waals surface area contributed by atoms with Gasteiger partial charge in [0, 0.05) is 41.9 Å². The number of hydrogen-bond donors (Lipinski definition) is 1. The Balaban J connectivity index is 2.69. The van der Waals surface area contributed by atoms with Crippen LogP contribution in [0.1, 0.15) is 23.7 Å². The molecule has 0 atom stereocenters. The van der Waals surface area contributed by atoms with Crippen molar-refractivity contribution in [3.05, 3.63) is 18.3 Å². The summed E-state index contributed by atoms with van der Waals surface area (Å²) in [5.41, 5.74) is 5.40. The van der Waals surface area contributed by atoms with Crippen molar-refractivity contribution in [2.75, 3.05) is 23.6 Å². The molecular formula is C9H13N3. The van der Waals surface area contributed by atoms with Gasteiger partial charge in [-0.15, -0.1) is 0 Å². The molecule has 12 heavy (non-hydrogen) atoms. The summed E-state index contributed by atoms with van der Waals surface area (Å²) in [5, 5.41) is 0. The summed E-state index contributed by atoms with van der Waals surface area (Å²) >= 11 is 0. The number of rotatable bonds is 1. The minimum absolute atomic E-state index is 0.00197. The molecule has 3 heteroatoms. The van der Waals surface area contributed by atoms with Gasteiger partial charge in [-0.1, -0.05) is 0 Å². The number of aromatic nitrogens is 1. The molecule has 1 aromatic heterocycles. The van der Waals surface area contributed by atoms with Crippen molar-refractivity contribution in [1.82, 2.24) is 4.98 Å². The summed E-state index contributed by atoms with van der Waals surface area (Å²) in [6.45, 7) is -5.79. The van der Waals surface area contributed by atoms with Crippen LogP contribution in [0, 0.1) is 0 Å². The van der Waals surface area contributed by atoms with Crippen LogP contribution in [0.25, 0.3) is 0 Å². The average molecular weight is 171 g/mol. The van der Waals surface area contributed by atoms with Gasteiger partial charge in [0.05, 0.1) is 0 Å². The Morgan fingerprint density at radius 3 is 2.92 bits per heavy atom. The molecular weight excluding hydrogens is 150 g/mol. The molecule has 2 rings (SSSR count). The van der Waals surface area contributed by atoms with Gasteiger partial charge in [0.1, 0.15) is 5.82 Å². The van der Waals surface area contributed by atoms with E-state index in [-0.39, 0.29) is 11.5 Å². The van der Waals surface area contributed by atoms with Crippen molar-refractivity contribution in [2.24, 2.45) is 0 Å². The van der Waals surface area contributed by atoms with E-state index >= 15 is 0 Å². The second-order valence-electron chi connectivity index (χ2n) is 2.25. The molecule has 1 aliphatic heterocycles. The summed E-state index contributed by atoms with van der Waals surface area (Å²) in [4.78, 5) is 4.14. The van der Waals surface area contributed by atoms with Gasteiger partial charge in [0.25, 0.3) is 0 Å². The number of nitrogens with zero attached hydrogens (tertiary/aromatic N) is 2. The highest BCUT2D eigenvalue weighted by atomic mass is 15.1. The van der Waals surface area contributed by atoms with Gasteiger partial charge < -0.3 is 10.6 Å². The first-order chi connectivity index (χ1) is 8.87. The maximum atomic E-state index is 7.84. The van der Waals surface area contributed by atoms with Gasteiger partial charge in [-0.2, -0.15) is 0 Å². The van der Waals surface area contributed by atoms with Crippen molar-refractivity contribution >= 4 is 11.5 Å². The molecule has 0 radical (unpaired) electrons. The Bertz CT molecular complexity index is 518. The van der Waals surface area contributed by atoms with Crippen LogP contribution in [0.15, 0.2) is 18.3 Å². The van der Waals surface area contributed by atoms with Crippen LogP contribution >= 0.6 is 0 Å². The SMILES string of the molecule is [2H]C1([2H])N(c2ccnc(N)c2)C([2H])([2H])C([2H])([2H])C1([2H])[2H]. The lowest BCUT2D eigenvalue weighted by Gasteiger charge is -2.16. The van der Waals surface area contributed by atoms with Crippen LogP contribution in [0.2, 0.25) is 0 Å². The maximum Gasteiger partial charge on any atom is 0.125 e. The average Bonchev–Trinajstić information content (AvgIpc) is 2.33. The predicted molar refractivity (Wildman–Crippen MR) is 50.1 cm³/mol. The third kappa shape index (κ3) is 1.35. The summed E-state index contributed by atoms with van der Waals surface area (Å²) in [7, 11) is 0. The summed E-state index contributed by atoms with van der Waals surface area (Å²) in [6, 6.07) is 2.43. The summed E-state index contributed by atoms with van der Waals surface area (Å²) < 4.78 is 62.0. The van der Waals surface area contributed by atoms with E-state index in [1.165, 1.54) is 18.3 Å². The molecule has 64 valence electrons. The predicted octanol–water partition coefficient (Wildman–Crippen LogP) is 1.26.